The number of nitrogens with zero attached hydrogens (tertiary/aromatic N) is 1. The number of hydrogen-bond acceptors (Lipinski definition) is 4. The van der Waals surface area contributed by atoms with Gasteiger partial charge in [0, 0.05) is 31.7 Å². The van der Waals surface area contributed by atoms with E-state index in [9.17, 15) is 9.59 Å². The third-order valence-corrected chi connectivity index (χ3v) is 3.57. The van der Waals surface area contributed by atoms with E-state index in [1.807, 2.05) is 0 Å². The van der Waals surface area contributed by atoms with Gasteiger partial charge >= 0.3 is 6.03 Å². The van der Waals surface area contributed by atoms with Crippen molar-refractivity contribution in [2.75, 3.05) is 32.7 Å². The number of piperazine rings is 1. The van der Waals surface area contributed by atoms with Gasteiger partial charge in [0.25, 0.3) is 0 Å². The van der Waals surface area contributed by atoms with Crippen LogP contribution in [0.25, 0.3) is 0 Å². The average molecular weight is 284 g/mol. The van der Waals surface area contributed by atoms with Crippen LogP contribution in [0.15, 0.2) is 0 Å². The molecule has 3 amide bonds. The predicted octanol–water partition coefficient (Wildman–Crippen LogP) is 0.542. The van der Waals surface area contributed by atoms with E-state index in [-0.39, 0.29) is 18.0 Å². The molecule has 1 fully saturated rings. The van der Waals surface area contributed by atoms with Crippen LogP contribution in [-0.2, 0) is 4.79 Å². The number of rotatable bonds is 5. The van der Waals surface area contributed by atoms with E-state index < -0.39 is 6.03 Å². The quantitative estimate of drug-likeness (QED) is 0.689. The van der Waals surface area contributed by atoms with Crippen molar-refractivity contribution in [2.45, 2.75) is 39.7 Å². The molecule has 0 aromatic carbocycles. The van der Waals surface area contributed by atoms with E-state index in [4.69, 9.17) is 0 Å². The zero-order valence-corrected chi connectivity index (χ0v) is 13.1. The molecule has 0 radical (unpaired) electrons. The molecule has 1 heterocycles. The van der Waals surface area contributed by atoms with Gasteiger partial charge in [0.2, 0.25) is 5.91 Å². The van der Waals surface area contributed by atoms with Crippen molar-refractivity contribution in [1.82, 2.24) is 20.9 Å². The normalized spacial score (nSPS) is 18.9. The van der Waals surface area contributed by atoms with Crippen molar-refractivity contribution in [1.29, 1.82) is 0 Å². The summed E-state index contributed by atoms with van der Waals surface area (Å²) in [5, 5.41) is 8.39. The highest BCUT2D eigenvalue weighted by molar-refractivity contribution is 5.95. The summed E-state index contributed by atoms with van der Waals surface area (Å²) in [4.78, 5) is 25.5. The van der Waals surface area contributed by atoms with Crippen LogP contribution in [0.2, 0.25) is 0 Å². The van der Waals surface area contributed by atoms with Crippen LogP contribution >= 0.6 is 0 Å². The first kappa shape index (κ1) is 16.9. The summed E-state index contributed by atoms with van der Waals surface area (Å²) in [6.07, 6.45) is 0.909. The molecule has 1 saturated heterocycles. The fourth-order valence-corrected chi connectivity index (χ4v) is 2.17. The van der Waals surface area contributed by atoms with Crippen LogP contribution in [0.1, 0.15) is 34.1 Å². The molecule has 0 saturated carbocycles. The highest BCUT2D eigenvalue weighted by atomic mass is 16.2. The Hall–Kier alpha value is -1.14. The molecule has 20 heavy (non-hydrogen) atoms. The topological polar surface area (TPSA) is 73.5 Å². The van der Waals surface area contributed by atoms with E-state index in [2.05, 4.69) is 48.5 Å². The Kier molecular flexibility index (Phi) is 6.42. The first-order chi connectivity index (χ1) is 9.31. The van der Waals surface area contributed by atoms with Gasteiger partial charge in [-0.2, -0.15) is 0 Å². The van der Waals surface area contributed by atoms with Crippen LogP contribution in [0, 0.1) is 5.92 Å². The summed E-state index contributed by atoms with van der Waals surface area (Å²) < 4.78 is 0. The number of hydrogen-bond donors (Lipinski definition) is 3. The second kappa shape index (κ2) is 7.59. The van der Waals surface area contributed by atoms with Crippen molar-refractivity contribution in [2.24, 2.45) is 5.92 Å². The second-order valence-corrected chi connectivity index (χ2v) is 6.40. The predicted molar refractivity (Wildman–Crippen MR) is 79.5 cm³/mol. The molecule has 6 nitrogen and oxygen atoms in total. The molecule has 0 unspecified atom stereocenters. The maximum atomic E-state index is 11.9. The average Bonchev–Trinajstić information content (AvgIpc) is 2.31. The zero-order chi connectivity index (χ0) is 15.2. The lowest BCUT2D eigenvalue weighted by molar-refractivity contribution is -0.122. The van der Waals surface area contributed by atoms with Crippen LogP contribution < -0.4 is 16.0 Å². The second-order valence-electron chi connectivity index (χ2n) is 6.40. The van der Waals surface area contributed by atoms with Crippen LogP contribution in [-0.4, -0.2) is 55.1 Å². The number of amides is 3. The number of nitrogens with one attached hydrogen (secondary N) is 3. The smallest absolute Gasteiger partial charge is 0.321 e. The molecule has 0 atom stereocenters. The summed E-state index contributed by atoms with van der Waals surface area (Å²) in [6, 6.07) is -0.399. The van der Waals surface area contributed by atoms with Gasteiger partial charge in [-0.3, -0.25) is 15.0 Å². The molecular formula is C14H28N4O2. The van der Waals surface area contributed by atoms with Crippen LogP contribution in [0.3, 0.4) is 0 Å². The Morgan fingerprint density at radius 1 is 1.35 bits per heavy atom. The van der Waals surface area contributed by atoms with Crippen molar-refractivity contribution in [3.05, 3.63) is 0 Å². The van der Waals surface area contributed by atoms with E-state index in [1.165, 1.54) is 0 Å². The largest absolute Gasteiger partial charge is 0.338 e. The van der Waals surface area contributed by atoms with Crippen molar-refractivity contribution >= 4 is 11.9 Å². The molecule has 1 rings (SSSR count). The zero-order valence-electron chi connectivity index (χ0n) is 13.1. The first-order valence-corrected chi connectivity index (χ1v) is 7.35. The minimum Gasteiger partial charge on any atom is -0.338 e. The molecular weight excluding hydrogens is 256 g/mol. The van der Waals surface area contributed by atoms with E-state index in [0.29, 0.717) is 12.5 Å². The third-order valence-electron chi connectivity index (χ3n) is 3.57. The molecule has 116 valence electrons. The van der Waals surface area contributed by atoms with Gasteiger partial charge in [-0.15, -0.1) is 0 Å². The maximum Gasteiger partial charge on any atom is 0.321 e. The summed E-state index contributed by atoms with van der Waals surface area (Å²) in [6.45, 7) is 11.8. The van der Waals surface area contributed by atoms with Gasteiger partial charge in [0.1, 0.15) is 0 Å². The van der Waals surface area contributed by atoms with Gasteiger partial charge in [0.05, 0.1) is 6.54 Å². The van der Waals surface area contributed by atoms with Gasteiger partial charge in [-0.1, -0.05) is 13.8 Å². The molecule has 0 spiro atoms. The third kappa shape index (κ3) is 5.88. The fourth-order valence-electron chi connectivity index (χ4n) is 2.17. The minimum absolute atomic E-state index is 0.0658. The summed E-state index contributed by atoms with van der Waals surface area (Å²) in [5.74, 6) is 0.287. The Morgan fingerprint density at radius 2 is 2.05 bits per heavy atom. The standard InChI is InChI=1S/C14H28N4O2/c1-11(2)5-6-16-13(20)17-12(19)9-18-8-7-15-10-14(18,3)4/h11,15H,5-10H2,1-4H3,(H2,16,17,19,20). The Labute approximate surface area is 121 Å². The SMILES string of the molecule is CC(C)CCNC(=O)NC(=O)CN1CCNCC1(C)C. The van der Waals surface area contributed by atoms with E-state index >= 15 is 0 Å². The van der Waals surface area contributed by atoms with Crippen molar-refractivity contribution in [3.63, 3.8) is 0 Å². The lowest BCUT2D eigenvalue weighted by Gasteiger charge is -2.42. The lowest BCUT2D eigenvalue weighted by Crippen LogP contribution is -2.60. The summed E-state index contributed by atoms with van der Waals surface area (Å²) in [5.41, 5.74) is -0.0658. The highest BCUT2D eigenvalue weighted by Crippen LogP contribution is 2.15. The Morgan fingerprint density at radius 3 is 2.65 bits per heavy atom. The van der Waals surface area contributed by atoms with Crippen molar-refractivity contribution < 1.29 is 9.59 Å². The highest BCUT2D eigenvalue weighted by Gasteiger charge is 2.30. The van der Waals surface area contributed by atoms with E-state index in [1.54, 1.807) is 0 Å². The minimum atomic E-state index is -0.399. The molecule has 1 aliphatic heterocycles. The number of urea groups is 1. The van der Waals surface area contributed by atoms with Crippen LogP contribution in [0.5, 0.6) is 0 Å². The lowest BCUT2D eigenvalue weighted by atomic mass is 10.0. The molecule has 0 aromatic rings. The number of carbonyl (C=O) groups is 2. The molecule has 0 bridgehead atoms. The summed E-state index contributed by atoms with van der Waals surface area (Å²) >= 11 is 0. The molecule has 3 N–H and O–H groups in total. The first-order valence-electron chi connectivity index (χ1n) is 7.35. The van der Waals surface area contributed by atoms with Gasteiger partial charge in [-0.05, 0) is 26.2 Å². The summed E-state index contributed by atoms with van der Waals surface area (Å²) in [7, 11) is 0. The van der Waals surface area contributed by atoms with Crippen LogP contribution in [0.4, 0.5) is 4.79 Å². The van der Waals surface area contributed by atoms with Gasteiger partial charge in [0.15, 0.2) is 0 Å². The van der Waals surface area contributed by atoms with Gasteiger partial charge < -0.3 is 10.6 Å². The molecule has 0 aliphatic carbocycles. The molecule has 1 aliphatic rings. The van der Waals surface area contributed by atoms with E-state index in [0.717, 1.165) is 26.1 Å². The fraction of sp³-hybridized carbons (Fsp3) is 0.857. The Bertz CT molecular complexity index is 342. The Balaban J connectivity index is 2.30. The van der Waals surface area contributed by atoms with Gasteiger partial charge in [-0.25, -0.2) is 4.79 Å². The number of imide groups is 1. The monoisotopic (exact) mass is 284 g/mol. The van der Waals surface area contributed by atoms with Crippen molar-refractivity contribution in [3.8, 4) is 0 Å². The maximum absolute atomic E-state index is 11.9. The molecule has 0 aromatic heterocycles. The number of carbonyl (C=O) groups excluding carboxylic acids is 2. The molecule has 6 heteroatoms.